The summed E-state index contributed by atoms with van der Waals surface area (Å²) in [7, 11) is 2.01. The number of nitrogens with zero attached hydrogens (tertiary/aromatic N) is 3. The third-order valence-electron chi connectivity index (χ3n) is 4.02. The van der Waals surface area contributed by atoms with Crippen LogP contribution in [0.5, 0.6) is 0 Å². The maximum atomic E-state index is 4.50. The first-order valence-electron chi connectivity index (χ1n) is 7.51. The fraction of sp³-hybridized carbons (Fsp3) is 0.800. The lowest BCUT2D eigenvalue weighted by Crippen LogP contribution is -2.56. The zero-order valence-corrected chi connectivity index (χ0v) is 13.0. The van der Waals surface area contributed by atoms with Crippen molar-refractivity contribution in [1.29, 1.82) is 0 Å². The summed E-state index contributed by atoms with van der Waals surface area (Å²) in [6.07, 6.45) is 4.58. The summed E-state index contributed by atoms with van der Waals surface area (Å²) < 4.78 is 1.93. The van der Waals surface area contributed by atoms with E-state index in [0.29, 0.717) is 12.1 Å². The zero-order chi connectivity index (χ0) is 14.0. The van der Waals surface area contributed by atoms with Crippen LogP contribution in [0.4, 0.5) is 5.69 Å². The van der Waals surface area contributed by atoms with E-state index in [1.54, 1.807) is 0 Å². The van der Waals surface area contributed by atoms with Crippen molar-refractivity contribution in [3.8, 4) is 0 Å². The van der Waals surface area contributed by atoms with Gasteiger partial charge in [-0.2, -0.15) is 5.10 Å². The van der Waals surface area contributed by atoms with Crippen LogP contribution in [-0.2, 0) is 7.05 Å². The van der Waals surface area contributed by atoms with E-state index in [1.807, 2.05) is 11.7 Å². The lowest BCUT2D eigenvalue weighted by atomic mass is 9.98. The van der Waals surface area contributed by atoms with Crippen molar-refractivity contribution in [2.75, 3.05) is 18.0 Å². The molecular weight excluding hydrogens is 236 g/mol. The SMILES string of the molecule is CCC1CNC(CC(C)C)CN1c1cn(C)nc1C. The topological polar surface area (TPSA) is 33.1 Å². The molecule has 2 unspecified atom stereocenters. The molecule has 0 aliphatic carbocycles. The van der Waals surface area contributed by atoms with Crippen LogP contribution < -0.4 is 10.2 Å². The fourth-order valence-electron chi connectivity index (χ4n) is 3.12. The van der Waals surface area contributed by atoms with Gasteiger partial charge >= 0.3 is 0 Å². The highest BCUT2D eigenvalue weighted by Crippen LogP contribution is 2.25. The van der Waals surface area contributed by atoms with Gasteiger partial charge in [0.05, 0.1) is 11.4 Å². The zero-order valence-electron chi connectivity index (χ0n) is 13.0. The smallest absolute Gasteiger partial charge is 0.0827 e. The second kappa shape index (κ2) is 5.95. The molecular formula is C15H28N4. The van der Waals surface area contributed by atoms with Gasteiger partial charge in [-0.15, -0.1) is 0 Å². The fourth-order valence-corrected chi connectivity index (χ4v) is 3.12. The molecule has 2 atom stereocenters. The van der Waals surface area contributed by atoms with E-state index >= 15 is 0 Å². The van der Waals surface area contributed by atoms with Gasteiger partial charge in [-0.05, 0) is 25.7 Å². The van der Waals surface area contributed by atoms with Crippen LogP contribution >= 0.6 is 0 Å². The molecule has 0 amide bonds. The van der Waals surface area contributed by atoms with Crippen molar-refractivity contribution in [3.05, 3.63) is 11.9 Å². The number of anilines is 1. The second-order valence-electron chi connectivity index (χ2n) is 6.22. The largest absolute Gasteiger partial charge is 0.363 e. The lowest BCUT2D eigenvalue weighted by molar-refractivity contribution is 0.343. The van der Waals surface area contributed by atoms with Gasteiger partial charge in [0.2, 0.25) is 0 Å². The Morgan fingerprint density at radius 1 is 1.47 bits per heavy atom. The number of piperazine rings is 1. The molecule has 1 aromatic heterocycles. The van der Waals surface area contributed by atoms with Gasteiger partial charge in [0, 0.05) is 38.4 Å². The minimum atomic E-state index is 0.589. The summed E-state index contributed by atoms with van der Waals surface area (Å²) in [5, 5.41) is 8.20. The summed E-state index contributed by atoms with van der Waals surface area (Å²) in [5.41, 5.74) is 2.45. The summed E-state index contributed by atoms with van der Waals surface area (Å²) in [6, 6.07) is 1.19. The summed E-state index contributed by atoms with van der Waals surface area (Å²) in [5.74, 6) is 0.743. The third kappa shape index (κ3) is 3.30. The number of hydrogen-bond acceptors (Lipinski definition) is 3. The molecule has 0 saturated carbocycles. The van der Waals surface area contributed by atoms with Crippen LogP contribution in [0.15, 0.2) is 6.20 Å². The molecule has 2 rings (SSSR count). The first kappa shape index (κ1) is 14.4. The molecule has 1 aliphatic rings. The van der Waals surface area contributed by atoms with Gasteiger partial charge in [0.1, 0.15) is 0 Å². The predicted molar refractivity (Wildman–Crippen MR) is 80.6 cm³/mol. The van der Waals surface area contributed by atoms with Gasteiger partial charge < -0.3 is 10.2 Å². The highest BCUT2D eigenvalue weighted by molar-refractivity contribution is 5.50. The van der Waals surface area contributed by atoms with Crippen LogP contribution in [0.2, 0.25) is 0 Å². The van der Waals surface area contributed by atoms with Crippen molar-refractivity contribution >= 4 is 5.69 Å². The number of aryl methyl sites for hydroxylation is 2. The van der Waals surface area contributed by atoms with E-state index in [-0.39, 0.29) is 0 Å². The van der Waals surface area contributed by atoms with Crippen LogP contribution in [0.25, 0.3) is 0 Å². The van der Waals surface area contributed by atoms with Crippen LogP contribution in [-0.4, -0.2) is 35.0 Å². The lowest BCUT2D eigenvalue weighted by Gasteiger charge is -2.42. The van der Waals surface area contributed by atoms with Crippen molar-refractivity contribution in [2.24, 2.45) is 13.0 Å². The Morgan fingerprint density at radius 3 is 2.74 bits per heavy atom. The standard InChI is InChI=1S/C15H28N4/c1-6-14-8-16-13(7-11(2)3)9-19(14)15-10-18(5)17-12(15)4/h10-11,13-14,16H,6-9H2,1-5H3. The third-order valence-corrected chi connectivity index (χ3v) is 4.02. The van der Waals surface area contributed by atoms with Crippen molar-refractivity contribution in [3.63, 3.8) is 0 Å². The average Bonchev–Trinajstić information content (AvgIpc) is 2.67. The van der Waals surface area contributed by atoms with Crippen molar-refractivity contribution in [2.45, 2.75) is 52.6 Å². The van der Waals surface area contributed by atoms with E-state index in [1.165, 1.54) is 18.5 Å². The average molecular weight is 264 g/mol. The van der Waals surface area contributed by atoms with E-state index in [2.05, 4.69) is 49.2 Å². The summed E-state index contributed by atoms with van der Waals surface area (Å²) >= 11 is 0. The normalized spacial score (nSPS) is 24.2. The van der Waals surface area contributed by atoms with Gasteiger partial charge in [-0.1, -0.05) is 20.8 Å². The molecule has 0 aromatic carbocycles. The Morgan fingerprint density at radius 2 is 2.21 bits per heavy atom. The minimum Gasteiger partial charge on any atom is -0.363 e. The Hall–Kier alpha value is -1.03. The van der Waals surface area contributed by atoms with Crippen LogP contribution in [0.1, 0.15) is 39.3 Å². The number of nitrogens with one attached hydrogen (secondary N) is 1. The molecule has 108 valence electrons. The highest BCUT2D eigenvalue weighted by Gasteiger charge is 2.28. The van der Waals surface area contributed by atoms with Gasteiger partial charge in [-0.3, -0.25) is 4.68 Å². The molecule has 1 saturated heterocycles. The molecule has 4 nitrogen and oxygen atoms in total. The Labute approximate surface area is 117 Å². The maximum absolute atomic E-state index is 4.50. The highest BCUT2D eigenvalue weighted by atomic mass is 15.3. The molecule has 0 radical (unpaired) electrons. The number of aromatic nitrogens is 2. The maximum Gasteiger partial charge on any atom is 0.0827 e. The second-order valence-corrected chi connectivity index (χ2v) is 6.22. The Kier molecular flexibility index (Phi) is 4.50. The molecule has 1 aliphatic heterocycles. The summed E-state index contributed by atoms with van der Waals surface area (Å²) in [4.78, 5) is 2.56. The molecule has 4 heteroatoms. The van der Waals surface area contributed by atoms with Crippen LogP contribution in [0.3, 0.4) is 0 Å². The van der Waals surface area contributed by atoms with Gasteiger partial charge in [0.25, 0.3) is 0 Å². The summed E-state index contributed by atoms with van der Waals surface area (Å²) in [6.45, 7) is 11.2. The van der Waals surface area contributed by atoms with Crippen LogP contribution in [0, 0.1) is 12.8 Å². The van der Waals surface area contributed by atoms with Gasteiger partial charge in [-0.25, -0.2) is 0 Å². The Balaban J connectivity index is 2.16. The predicted octanol–water partition coefficient (Wildman–Crippen LogP) is 2.33. The van der Waals surface area contributed by atoms with E-state index in [4.69, 9.17) is 0 Å². The first-order valence-corrected chi connectivity index (χ1v) is 7.51. The van der Waals surface area contributed by atoms with E-state index < -0.39 is 0 Å². The number of rotatable bonds is 4. The first-order chi connectivity index (χ1) is 9.01. The molecule has 0 spiro atoms. The Bertz CT molecular complexity index is 410. The van der Waals surface area contributed by atoms with Gasteiger partial charge in [0.15, 0.2) is 0 Å². The molecule has 0 bridgehead atoms. The minimum absolute atomic E-state index is 0.589. The number of hydrogen-bond donors (Lipinski definition) is 1. The molecule has 19 heavy (non-hydrogen) atoms. The quantitative estimate of drug-likeness (QED) is 0.906. The van der Waals surface area contributed by atoms with E-state index in [9.17, 15) is 0 Å². The van der Waals surface area contributed by atoms with Crippen molar-refractivity contribution < 1.29 is 0 Å². The molecule has 2 heterocycles. The van der Waals surface area contributed by atoms with Crippen molar-refractivity contribution in [1.82, 2.24) is 15.1 Å². The van der Waals surface area contributed by atoms with E-state index in [0.717, 1.165) is 24.7 Å². The monoisotopic (exact) mass is 264 g/mol. The molecule has 1 fully saturated rings. The molecule has 1 aromatic rings. The molecule has 1 N–H and O–H groups in total.